The fourth-order valence-electron chi connectivity index (χ4n) is 6.86. The molecule has 10 nitrogen and oxygen atoms in total. The molecule has 0 atom stereocenters. The molecule has 0 spiro atoms. The number of fused-ring (bicyclic) bond motifs is 1. The topological polar surface area (TPSA) is 125 Å². The summed E-state index contributed by atoms with van der Waals surface area (Å²) in [7, 11) is -4.22. The molecule has 3 heterocycles. The van der Waals surface area contributed by atoms with E-state index in [0.29, 0.717) is 56.1 Å². The number of rotatable bonds is 12. The van der Waals surface area contributed by atoms with Gasteiger partial charge >= 0.3 is 5.97 Å². The number of carboxylic acids is 1. The van der Waals surface area contributed by atoms with Gasteiger partial charge in [0.25, 0.3) is 15.9 Å². The van der Waals surface area contributed by atoms with Gasteiger partial charge < -0.3 is 23.7 Å². The van der Waals surface area contributed by atoms with E-state index >= 15 is 0 Å². The Morgan fingerprint density at radius 3 is 2.38 bits per heavy atom. The lowest BCUT2D eigenvalue weighted by Gasteiger charge is -2.33. The summed E-state index contributed by atoms with van der Waals surface area (Å²) in [5, 5.41) is 10.5. The molecular weight excluding hydrogens is 678 g/mol. The molecule has 0 aliphatic carbocycles. The van der Waals surface area contributed by atoms with Gasteiger partial charge in [-0.3, -0.25) is 9.10 Å². The Hall–Kier alpha value is -4.74. The second kappa shape index (κ2) is 14.6. The largest absolute Gasteiger partial charge is 0.475 e. The molecular formula is C38H40ClN3O7S. The molecule has 1 aliphatic heterocycles. The molecule has 1 amide bonds. The SMILES string of the molecule is CCc1c(S(=O)(=O)N(CC)c2cc(N3CCCCC3)ccc2CN(Cc2ccco2)C(=O)c2ccccc2Cl)ccc2oc(C(=O)O)c(C)c12. The van der Waals surface area contributed by atoms with Crippen LogP contribution in [-0.2, 0) is 29.5 Å². The number of carboxylic acid groups (broad SMARTS) is 1. The van der Waals surface area contributed by atoms with E-state index in [4.69, 9.17) is 20.4 Å². The van der Waals surface area contributed by atoms with Gasteiger partial charge in [0, 0.05) is 42.8 Å². The zero-order valence-electron chi connectivity index (χ0n) is 28.3. The number of carbonyl (C=O) groups excluding carboxylic acids is 1. The van der Waals surface area contributed by atoms with Gasteiger partial charge in [0.2, 0.25) is 5.76 Å². The molecule has 12 heteroatoms. The van der Waals surface area contributed by atoms with Crippen LogP contribution in [0.4, 0.5) is 11.4 Å². The number of halogens is 1. The van der Waals surface area contributed by atoms with E-state index in [0.717, 1.165) is 38.0 Å². The highest BCUT2D eigenvalue weighted by Crippen LogP contribution is 2.38. The van der Waals surface area contributed by atoms with Gasteiger partial charge in [-0.05, 0) is 99.2 Å². The minimum atomic E-state index is -4.22. The standard InChI is InChI=1S/C38H40ClN3O7S/c1-4-29-34(18-17-33-35(29)25(3)36(49-33)38(44)45)50(46,47)42(5-2)32-22-27(40-19-9-6-10-20-40)16-15-26(32)23-41(24-28-12-11-21-48-28)37(43)30-13-7-8-14-31(30)39/h7-8,11-18,21-22H,4-6,9-10,19-20,23-24H2,1-3H3,(H,44,45). The number of aromatic carboxylic acids is 1. The van der Waals surface area contributed by atoms with Crippen molar-refractivity contribution in [3.63, 3.8) is 0 Å². The summed E-state index contributed by atoms with van der Waals surface area (Å²) < 4.78 is 42.4. The maximum Gasteiger partial charge on any atom is 0.372 e. The molecule has 1 saturated heterocycles. The smallest absolute Gasteiger partial charge is 0.372 e. The third-order valence-corrected chi connectivity index (χ3v) is 11.6. The molecule has 6 rings (SSSR count). The fourth-order valence-corrected chi connectivity index (χ4v) is 8.88. The van der Waals surface area contributed by atoms with Crippen molar-refractivity contribution in [1.29, 1.82) is 0 Å². The third-order valence-electron chi connectivity index (χ3n) is 9.30. The van der Waals surface area contributed by atoms with Crippen LogP contribution in [0.25, 0.3) is 11.0 Å². The summed E-state index contributed by atoms with van der Waals surface area (Å²) in [6.45, 7) is 7.26. The van der Waals surface area contributed by atoms with Crippen LogP contribution in [0.2, 0.25) is 5.02 Å². The summed E-state index contributed by atoms with van der Waals surface area (Å²) in [5.41, 5.74) is 3.47. The van der Waals surface area contributed by atoms with Crippen LogP contribution >= 0.6 is 11.6 Å². The number of carbonyl (C=O) groups is 2. The van der Waals surface area contributed by atoms with E-state index in [1.165, 1.54) is 16.4 Å². The highest BCUT2D eigenvalue weighted by Gasteiger charge is 2.32. The molecule has 0 radical (unpaired) electrons. The summed E-state index contributed by atoms with van der Waals surface area (Å²) >= 11 is 6.48. The molecule has 1 aliphatic rings. The van der Waals surface area contributed by atoms with Crippen LogP contribution in [0.3, 0.4) is 0 Å². The Labute approximate surface area is 296 Å². The van der Waals surface area contributed by atoms with Gasteiger partial charge in [-0.25, -0.2) is 13.2 Å². The molecule has 5 aromatic rings. The van der Waals surface area contributed by atoms with Crippen LogP contribution in [0.5, 0.6) is 0 Å². The predicted molar refractivity (Wildman–Crippen MR) is 194 cm³/mol. The predicted octanol–water partition coefficient (Wildman–Crippen LogP) is 8.30. The number of sulfonamides is 1. The van der Waals surface area contributed by atoms with Crippen molar-refractivity contribution in [3.05, 3.63) is 112 Å². The molecule has 1 N–H and O–H groups in total. The zero-order chi connectivity index (χ0) is 35.6. The Morgan fingerprint density at radius 1 is 0.960 bits per heavy atom. The number of nitrogens with zero attached hydrogens (tertiary/aromatic N) is 3. The first-order chi connectivity index (χ1) is 24.0. The minimum Gasteiger partial charge on any atom is -0.475 e. The summed E-state index contributed by atoms with van der Waals surface area (Å²) in [5.74, 6) is -1.20. The van der Waals surface area contributed by atoms with Crippen molar-refractivity contribution in [2.45, 2.75) is 64.4 Å². The lowest BCUT2D eigenvalue weighted by Crippen LogP contribution is -2.35. The molecule has 0 unspecified atom stereocenters. The van der Waals surface area contributed by atoms with Crippen LogP contribution < -0.4 is 9.21 Å². The third kappa shape index (κ3) is 6.72. The average Bonchev–Trinajstić information content (AvgIpc) is 3.76. The number of amides is 1. The Morgan fingerprint density at radius 2 is 1.72 bits per heavy atom. The van der Waals surface area contributed by atoms with Gasteiger partial charge in [-0.15, -0.1) is 0 Å². The maximum atomic E-state index is 14.9. The Kier molecular flexibility index (Phi) is 10.3. The average molecular weight is 718 g/mol. The zero-order valence-corrected chi connectivity index (χ0v) is 29.9. The van der Waals surface area contributed by atoms with E-state index < -0.39 is 16.0 Å². The molecule has 2 aromatic heterocycles. The van der Waals surface area contributed by atoms with Crippen molar-refractivity contribution in [1.82, 2.24) is 4.90 Å². The van der Waals surface area contributed by atoms with E-state index in [2.05, 4.69) is 4.90 Å². The molecule has 50 heavy (non-hydrogen) atoms. The number of furan rings is 2. The molecule has 3 aromatic carbocycles. The number of anilines is 2. The first kappa shape index (κ1) is 35.1. The first-order valence-electron chi connectivity index (χ1n) is 16.8. The fraction of sp³-hybridized carbons (Fsp3) is 0.316. The van der Waals surface area contributed by atoms with Crippen LogP contribution in [-0.4, -0.2) is 49.9 Å². The maximum absolute atomic E-state index is 14.9. The van der Waals surface area contributed by atoms with Crippen molar-refractivity contribution < 1.29 is 31.9 Å². The lowest BCUT2D eigenvalue weighted by atomic mass is 10.0. The van der Waals surface area contributed by atoms with Gasteiger partial charge in [-0.1, -0.05) is 36.7 Å². The van der Waals surface area contributed by atoms with Gasteiger partial charge in [0.15, 0.2) is 0 Å². The molecule has 262 valence electrons. The van der Waals surface area contributed by atoms with Gasteiger partial charge in [-0.2, -0.15) is 0 Å². The number of hydrogen-bond donors (Lipinski definition) is 1. The van der Waals surface area contributed by atoms with Gasteiger partial charge in [0.1, 0.15) is 11.3 Å². The van der Waals surface area contributed by atoms with Gasteiger partial charge in [0.05, 0.1) is 34.0 Å². The summed E-state index contributed by atoms with van der Waals surface area (Å²) in [4.78, 5) is 29.9. The quantitative estimate of drug-likeness (QED) is 0.137. The van der Waals surface area contributed by atoms with E-state index in [1.54, 1.807) is 61.4 Å². The summed E-state index contributed by atoms with van der Waals surface area (Å²) in [6.07, 6.45) is 5.09. The monoisotopic (exact) mass is 717 g/mol. The first-order valence-corrected chi connectivity index (χ1v) is 18.6. The van der Waals surface area contributed by atoms with Crippen LogP contribution in [0.1, 0.15) is 76.5 Å². The van der Waals surface area contributed by atoms with Crippen LogP contribution in [0.15, 0.2) is 86.7 Å². The number of piperidine rings is 1. The lowest BCUT2D eigenvalue weighted by molar-refractivity contribution is 0.0662. The second-order valence-electron chi connectivity index (χ2n) is 12.4. The van der Waals surface area contributed by atoms with Crippen LogP contribution in [0, 0.1) is 6.92 Å². The number of benzene rings is 3. The normalized spacial score (nSPS) is 13.5. The number of aryl methyl sites for hydroxylation is 2. The van der Waals surface area contributed by atoms with Crippen molar-refractivity contribution in [2.24, 2.45) is 0 Å². The number of hydrogen-bond acceptors (Lipinski definition) is 7. The van der Waals surface area contributed by atoms with Crippen molar-refractivity contribution in [3.8, 4) is 0 Å². The van der Waals surface area contributed by atoms with Crippen molar-refractivity contribution in [2.75, 3.05) is 28.8 Å². The minimum absolute atomic E-state index is 0.0644. The summed E-state index contributed by atoms with van der Waals surface area (Å²) in [6, 6.07) is 19.2. The van der Waals surface area contributed by atoms with E-state index in [1.807, 2.05) is 25.1 Å². The molecule has 0 saturated carbocycles. The second-order valence-corrected chi connectivity index (χ2v) is 14.6. The Balaban J connectivity index is 1.49. The van der Waals surface area contributed by atoms with E-state index in [9.17, 15) is 23.1 Å². The Bertz CT molecular complexity index is 2140. The molecule has 0 bridgehead atoms. The highest BCUT2D eigenvalue weighted by atomic mass is 35.5. The molecule has 1 fully saturated rings. The highest BCUT2D eigenvalue weighted by molar-refractivity contribution is 7.93. The van der Waals surface area contributed by atoms with E-state index in [-0.39, 0.29) is 36.2 Å². The van der Waals surface area contributed by atoms with Crippen molar-refractivity contribution >= 4 is 55.8 Å².